The van der Waals surface area contributed by atoms with Crippen LogP contribution in [0.3, 0.4) is 0 Å². The van der Waals surface area contributed by atoms with Gasteiger partial charge in [-0.1, -0.05) is 15.9 Å². The average Bonchev–Trinajstić information content (AvgIpc) is 2.76. The Morgan fingerprint density at radius 1 is 1.36 bits per heavy atom. The van der Waals surface area contributed by atoms with Gasteiger partial charge in [-0.05, 0) is 39.0 Å². The number of aromatic nitrogens is 1. The molecule has 2 aliphatic heterocycles. The summed E-state index contributed by atoms with van der Waals surface area (Å²) in [5.74, 6) is -0.0865. The molecule has 25 heavy (non-hydrogen) atoms. The summed E-state index contributed by atoms with van der Waals surface area (Å²) in [5.41, 5.74) is 1.18. The summed E-state index contributed by atoms with van der Waals surface area (Å²) in [7, 11) is 0. The zero-order valence-corrected chi connectivity index (χ0v) is 15.8. The van der Waals surface area contributed by atoms with E-state index >= 15 is 0 Å². The molecule has 0 unspecified atom stereocenters. The predicted molar refractivity (Wildman–Crippen MR) is 97.6 cm³/mol. The lowest BCUT2D eigenvalue weighted by Gasteiger charge is -2.46. The SMILES string of the molecule is CC(C)(C)OC(=O)N1CC2(C1)C(=O)Nc1cnc3ccc(Br)cc3c12. The van der Waals surface area contributed by atoms with Crippen LogP contribution in [-0.4, -0.2) is 40.6 Å². The van der Waals surface area contributed by atoms with E-state index in [2.05, 4.69) is 26.2 Å². The molecule has 1 spiro atoms. The van der Waals surface area contributed by atoms with Gasteiger partial charge in [-0.25, -0.2) is 4.79 Å². The molecule has 0 aliphatic carbocycles. The molecule has 130 valence electrons. The maximum Gasteiger partial charge on any atom is 0.410 e. The van der Waals surface area contributed by atoms with Crippen molar-refractivity contribution in [3.63, 3.8) is 0 Å². The Hall–Kier alpha value is -2.15. The lowest BCUT2D eigenvalue weighted by Crippen LogP contribution is -2.64. The summed E-state index contributed by atoms with van der Waals surface area (Å²) >= 11 is 3.48. The first-order valence-electron chi connectivity index (χ1n) is 8.08. The van der Waals surface area contributed by atoms with E-state index in [0.29, 0.717) is 13.1 Å². The number of halogens is 1. The highest BCUT2D eigenvalue weighted by molar-refractivity contribution is 9.10. The van der Waals surface area contributed by atoms with E-state index in [9.17, 15) is 9.59 Å². The summed E-state index contributed by atoms with van der Waals surface area (Å²) < 4.78 is 6.33. The number of hydrogen-bond acceptors (Lipinski definition) is 4. The maximum atomic E-state index is 12.7. The van der Waals surface area contributed by atoms with Gasteiger partial charge in [0.15, 0.2) is 0 Å². The van der Waals surface area contributed by atoms with Crippen molar-refractivity contribution in [1.82, 2.24) is 9.88 Å². The Morgan fingerprint density at radius 2 is 2.08 bits per heavy atom. The smallest absolute Gasteiger partial charge is 0.410 e. The topological polar surface area (TPSA) is 71.5 Å². The molecule has 0 radical (unpaired) electrons. The van der Waals surface area contributed by atoms with Crippen LogP contribution in [0.1, 0.15) is 26.3 Å². The molecule has 1 aromatic carbocycles. The number of likely N-dealkylation sites (tertiary alicyclic amines) is 1. The number of carbonyl (C=O) groups excluding carboxylic acids is 2. The van der Waals surface area contributed by atoms with E-state index in [0.717, 1.165) is 26.6 Å². The fourth-order valence-electron chi connectivity index (χ4n) is 3.49. The lowest BCUT2D eigenvalue weighted by molar-refractivity contribution is -0.126. The summed E-state index contributed by atoms with van der Waals surface area (Å²) in [6.07, 6.45) is 1.30. The fraction of sp³-hybridized carbons (Fsp3) is 0.389. The number of anilines is 1. The Morgan fingerprint density at radius 3 is 2.76 bits per heavy atom. The molecule has 0 bridgehead atoms. The highest BCUT2D eigenvalue weighted by Crippen LogP contribution is 2.47. The maximum absolute atomic E-state index is 12.7. The molecule has 3 heterocycles. The van der Waals surface area contributed by atoms with Gasteiger partial charge >= 0.3 is 6.09 Å². The molecule has 1 fully saturated rings. The van der Waals surface area contributed by atoms with Gasteiger partial charge in [-0.15, -0.1) is 0 Å². The van der Waals surface area contributed by atoms with Crippen molar-refractivity contribution in [2.24, 2.45) is 0 Å². The van der Waals surface area contributed by atoms with Crippen molar-refractivity contribution in [3.05, 3.63) is 34.4 Å². The Balaban J connectivity index is 1.72. The second-order valence-electron chi connectivity index (χ2n) is 7.58. The van der Waals surface area contributed by atoms with Crippen molar-refractivity contribution in [2.75, 3.05) is 18.4 Å². The number of fused-ring (bicyclic) bond motifs is 4. The first-order chi connectivity index (χ1) is 11.7. The normalized spacial score (nSPS) is 18.1. The van der Waals surface area contributed by atoms with Crippen LogP contribution >= 0.6 is 15.9 Å². The van der Waals surface area contributed by atoms with Gasteiger partial charge in [0, 0.05) is 28.5 Å². The molecule has 2 amide bonds. The molecule has 1 saturated heterocycles. The molecule has 4 rings (SSSR count). The molecule has 6 nitrogen and oxygen atoms in total. The van der Waals surface area contributed by atoms with Crippen LogP contribution in [0.5, 0.6) is 0 Å². The lowest BCUT2D eigenvalue weighted by atomic mass is 9.73. The largest absolute Gasteiger partial charge is 0.444 e. The number of nitrogens with zero attached hydrogens (tertiary/aromatic N) is 2. The van der Waals surface area contributed by atoms with Gasteiger partial charge < -0.3 is 15.0 Å². The van der Waals surface area contributed by atoms with Crippen molar-refractivity contribution < 1.29 is 14.3 Å². The van der Waals surface area contributed by atoms with Crippen LogP contribution in [0.4, 0.5) is 10.5 Å². The number of ether oxygens (including phenoxy) is 1. The first-order valence-corrected chi connectivity index (χ1v) is 8.87. The number of carbonyl (C=O) groups is 2. The van der Waals surface area contributed by atoms with Gasteiger partial charge in [0.25, 0.3) is 0 Å². The van der Waals surface area contributed by atoms with Gasteiger partial charge in [-0.3, -0.25) is 9.78 Å². The second-order valence-corrected chi connectivity index (χ2v) is 8.50. The Bertz CT molecular complexity index is 914. The number of benzene rings is 1. The molecule has 2 aromatic rings. The minimum Gasteiger partial charge on any atom is -0.444 e. The summed E-state index contributed by atoms with van der Waals surface area (Å²) in [6.45, 7) is 6.11. The molecule has 7 heteroatoms. The number of pyridine rings is 1. The van der Waals surface area contributed by atoms with Crippen LogP contribution < -0.4 is 5.32 Å². The van der Waals surface area contributed by atoms with Crippen molar-refractivity contribution in [3.8, 4) is 0 Å². The van der Waals surface area contributed by atoms with Crippen LogP contribution in [-0.2, 0) is 14.9 Å². The summed E-state index contributed by atoms with van der Waals surface area (Å²) in [4.78, 5) is 30.9. The first kappa shape index (κ1) is 16.3. The monoisotopic (exact) mass is 403 g/mol. The second kappa shape index (κ2) is 5.17. The Kier molecular flexibility index (Phi) is 3.38. The van der Waals surface area contributed by atoms with Gasteiger partial charge in [0.2, 0.25) is 5.91 Å². The zero-order chi connectivity index (χ0) is 18.0. The van der Waals surface area contributed by atoms with Gasteiger partial charge in [0.1, 0.15) is 11.0 Å². The highest BCUT2D eigenvalue weighted by atomic mass is 79.9. The molecular formula is C18H18BrN3O3. The number of rotatable bonds is 0. The van der Waals surface area contributed by atoms with E-state index in [1.807, 2.05) is 39.0 Å². The molecule has 0 saturated carbocycles. The predicted octanol–water partition coefficient (Wildman–Crippen LogP) is 3.44. The van der Waals surface area contributed by atoms with Crippen molar-refractivity contribution in [1.29, 1.82) is 0 Å². The van der Waals surface area contributed by atoms with E-state index in [1.54, 1.807) is 11.1 Å². The van der Waals surface area contributed by atoms with Crippen LogP contribution in [0.25, 0.3) is 10.9 Å². The van der Waals surface area contributed by atoms with E-state index in [1.165, 1.54) is 0 Å². The van der Waals surface area contributed by atoms with Gasteiger partial charge in [0.05, 0.1) is 17.4 Å². The minimum absolute atomic E-state index is 0.0865. The zero-order valence-electron chi connectivity index (χ0n) is 14.2. The minimum atomic E-state index is -0.728. The van der Waals surface area contributed by atoms with E-state index in [-0.39, 0.29) is 12.0 Å². The number of nitrogens with one attached hydrogen (secondary N) is 1. The molecule has 1 aromatic heterocycles. The fourth-order valence-corrected chi connectivity index (χ4v) is 3.85. The van der Waals surface area contributed by atoms with Gasteiger partial charge in [-0.2, -0.15) is 0 Å². The van der Waals surface area contributed by atoms with Crippen LogP contribution in [0.15, 0.2) is 28.9 Å². The van der Waals surface area contributed by atoms with Crippen LogP contribution in [0.2, 0.25) is 0 Å². The summed E-state index contributed by atoms with van der Waals surface area (Å²) in [5, 5.41) is 3.84. The van der Waals surface area contributed by atoms with Crippen LogP contribution in [0, 0.1) is 0 Å². The van der Waals surface area contributed by atoms with E-state index < -0.39 is 11.0 Å². The third-order valence-electron chi connectivity index (χ3n) is 4.56. The highest BCUT2D eigenvalue weighted by Gasteiger charge is 2.58. The van der Waals surface area contributed by atoms with Crippen molar-refractivity contribution >= 4 is 44.5 Å². The third-order valence-corrected chi connectivity index (χ3v) is 5.06. The molecule has 2 aliphatic rings. The Labute approximate surface area is 153 Å². The number of hydrogen-bond donors (Lipinski definition) is 1. The summed E-state index contributed by atoms with van der Waals surface area (Å²) in [6, 6.07) is 5.81. The number of amides is 2. The molecule has 1 N–H and O–H groups in total. The quantitative estimate of drug-likeness (QED) is 0.731. The average molecular weight is 404 g/mol. The van der Waals surface area contributed by atoms with E-state index in [4.69, 9.17) is 4.74 Å². The standard InChI is InChI=1S/C18H18BrN3O3/c1-17(2,3)25-16(24)22-8-18(9-22)14-11-6-10(19)4-5-12(11)20-7-13(14)21-15(18)23/h4-7H,8-9H2,1-3H3,(H,21,23). The molecule has 0 atom stereocenters. The molecular weight excluding hydrogens is 386 g/mol. The third kappa shape index (κ3) is 2.49. The van der Waals surface area contributed by atoms with Crippen molar-refractivity contribution in [2.45, 2.75) is 31.8 Å².